The molecule has 7 heteroatoms. The molecule has 0 aliphatic carbocycles. The highest BCUT2D eigenvalue weighted by Crippen LogP contribution is 2.24. The Balaban J connectivity index is 0.00000192. The predicted octanol–water partition coefficient (Wildman–Crippen LogP) is 3.28. The van der Waals surface area contributed by atoms with Gasteiger partial charge in [0.1, 0.15) is 0 Å². The van der Waals surface area contributed by atoms with Crippen LogP contribution >= 0.6 is 24.0 Å². The number of carbonyl (C=O) groups is 1. The third-order valence-electron chi connectivity index (χ3n) is 3.92. The van der Waals surface area contributed by atoms with Crippen molar-refractivity contribution in [2.75, 3.05) is 18.4 Å². The minimum atomic E-state index is 0. The Bertz CT molecular complexity index is 640. The van der Waals surface area contributed by atoms with E-state index >= 15 is 0 Å². The number of halogens is 2. The van der Waals surface area contributed by atoms with Crippen molar-refractivity contribution in [1.29, 1.82) is 0 Å². The summed E-state index contributed by atoms with van der Waals surface area (Å²) in [5, 5.41) is 10.9. The Kier molecular flexibility index (Phi) is 6.45. The van der Waals surface area contributed by atoms with Crippen LogP contribution in [-0.4, -0.2) is 28.8 Å². The molecule has 1 unspecified atom stereocenters. The number of hydrogen-bond acceptors (Lipinski definition) is 3. The third-order valence-corrected chi connectivity index (χ3v) is 4.23. The van der Waals surface area contributed by atoms with Gasteiger partial charge in [-0.3, -0.25) is 4.79 Å². The molecule has 0 spiro atoms. The number of carbonyl (C=O) groups excluding carboxylic acids is 1. The van der Waals surface area contributed by atoms with Gasteiger partial charge in [0.2, 0.25) is 5.91 Å². The quantitative estimate of drug-likeness (QED) is 0.866. The maximum absolute atomic E-state index is 12.0. The lowest BCUT2D eigenvalue weighted by molar-refractivity contribution is -0.116. The van der Waals surface area contributed by atoms with E-state index in [4.69, 9.17) is 11.6 Å². The standard InChI is InChI=1S/C16H19ClN4O.ClH/c17-14-10-13(3-4-15(14)21-9-1-7-19-21)20-16(22)5-2-12-6-8-18-11-12;/h1,3-4,7,9-10,12,18H,2,5-6,8,11H2,(H,20,22);1H. The van der Waals surface area contributed by atoms with Gasteiger partial charge in [-0.1, -0.05) is 11.6 Å². The molecule has 1 amide bonds. The molecular formula is C16H20Cl2N4O. The molecule has 1 aliphatic rings. The first-order valence-corrected chi connectivity index (χ1v) is 7.90. The van der Waals surface area contributed by atoms with Crippen LogP contribution in [-0.2, 0) is 4.79 Å². The Hall–Kier alpha value is -1.56. The molecule has 2 heterocycles. The van der Waals surface area contributed by atoms with Crippen molar-refractivity contribution in [1.82, 2.24) is 15.1 Å². The summed E-state index contributed by atoms with van der Waals surface area (Å²) in [6.45, 7) is 2.09. The van der Waals surface area contributed by atoms with Crippen LogP contribution in [0.15, 0.2) is 36.7 Å². The Morgan fingerprint density at radius 3 is 3.00 bits per heavy atom. The van der Waals surface area contributed by atoms with E-state index in [0.717, 1.165) is 37.3 Å². The molecule has 23 heavy (non-hydrogen) atoms. The number of amides is 1. The lowest BCUT2D eigenvalue weighted by atomic mass is 10.0. The van der Waals surface area contributed by atoms with Crippen LogP contribution in [0.4, 0.5) is 5.69 Å². The molecular weight excluding hydrogens is 335 g/mol. The fourth-order valence-electron chi connectivity index (χ4n) is 2.70. The second-order valence-corrected chi connectivity index (χ2v) is 5.97. The Morgan fingerprint density at radius 2 is 2.35 bits per heavy atom. The van der Waals surface area contributed by atoms with Gasteiger partial charge < -0.3 is 10.6 Å². The van der Waals surface area contributed by atoms with Crippen LogP contribution in [0.1, 0.15) is 19.3 Å². The van der Waals surface area contributed by atoms with Crippen molar-refractivity contribution in [3.8, 4) is 5.69 Å². The van der Waals surface area contributed by atoms with E-state index < -0.39 is 0 Å². The van der Waals surface area contributed by atoms with Crippen molar-refractivity contribution in [2.45, 2.75) is 19.3 Å². The number of rotatable bonds is 5. The van der Waals surface area contributed by atoms with Gasteiger partial charge in [0.15, 0.2) is 0 Å². The monoisotopic (exact) mass is 354 g/mol. The maximum atomic E-state index is 12.0. The zero-order valence-corrected chi connectivity index (χ0v) is 14.2. The van der Waals surface area contributed by atoms with Crippen molar-refractivity contribution < 1.29 is 4.79 Å². The summed E-state index contributed by atoms with van der Waals surface area (Å²) in [4.78, 5) is 12.0. The summed E-state index contributed by atoms with van der Waals surface area (Å²) < 4.78 is 1.70. The molecule has 2 aromatic rings. The minimum absolute atomic E-state index is 0. The summed E-state index contributed by atoms with van der Waals surface area (Å²) in [6, 6.07) is 7.29. The molecule has 1 saturated heterocycles. The lowest BCUT2D eigenvalue weighted by Crippen LogP contribution is -2.15. The first kappa shape index (κ1) is 17.8. The van der Waals surface area contributed by atoms with Gasteiger partial charge in [-0.25, -0.2) is 4.68 Å². The van der Waals surface area contributed by atoms with Gasteiger partial charge in [-0.15, -0.1) is 12.4 Å². The third kappa shape index (κ3) is 4.70. The molecule has 1 aliphatic heterocycles. The predicted molar refractivity (Wildman–Crippen MR) is 94.7 cm³/mol. The highest BCUT2D eigenvalue weighted by molar-refractivity contribution is 6.32. The van der Waals surface area contributed by atoms with E-state index in [0.29, 0.717) is 17.4 Å². The normalized spacial score (nSPS) is 16.8. The fraction of sp³-hybridized carbons (Fsp3) is 0.375. The summed E-state index contributed by atoms with van der Waals surface area (Å²) in [5.74, 6) is 0.659. The first-order chi connectivity index (χ1) is 10.7. The van der Waals surface area contributed by atoms with E-state index in [9.17, 15) is 4.79 Å². The zero-order chi connectivity index (χ0) is 15.4. The van der Waals surface area contributed by atoms with Crippen LogP contribution in [0.3, 0.4) is 0 Å². The summed E-state index contributed by atoms with van der Waals surface area (Å²) in [5.41, 5.74) is 1.51. The SMILES string of the molecule is Cl.O=C(CCC1CCNC1)Nc1ccc(-n2cccn2)c(Cl)c1. The number of hydrogen-bond donors (Lipinski definition) is 2. The largest absolute Gasteiger partial charge is 0.326 e. The molecule has 1 fully saturated rings. The van der Waals surface area contributed by atoms with Crippen LogP contribution < -0.4 is 10.6 Å². The number of nitrogens with zero attached hydrogens (tertiary/aromatic N) is 2. The topological polar surface area (TPSA) is 59.0 Å². The van der Waals surface area contributed by atoms with Crippen molar-refractivity contribution in [3.05, 3.63) is 41.7 Å². The van der Waals surface area contributed by atoms with E-state index in [1.807, 2.05) is 24.4 Å². The highest BCUT2D eigenvalue weighted by Gasteiger charge is 2.16. The van der Waals surface area contributed by atoms with Crippen molar-refractivity contribution in [2.24, 2.45) is 5.92 Å². The average Bonchev–Trinajstić information content (AvgIpc) is 3.19. The molecule has 1 aromatic carbocycles. The number of nitrogens with one attached hydrogen (secondary N) is 2. The molecule has 0 bridgehead atoms. The zero-order valence-electron chi connectivity index (χ0n) is 12.7. The van der Waals surface area contributed by atoms with Crippen LogP contribution in [0, 0.1) is 5.92 Å². The molecule has 1 atom stereocenters. The molecule has 0 radical (unpaired) electrons. The summed E-state index contributed by atoms with van der Waals surface area (Å²) >= 11 is 6.26. The van der Waals surface area contributed by atoms with E-state index in [2.05, 4.69) is 15.7 Å². The number of benzene rings is 1. The van der Waals surface area contributed by atoms with Gasteiger partial charge >= 0.3 is 0 Å². The average molecular weight is 355 g/mol. The van der Waals surface area contributed by atoms with Gasteiger partial charge in [-0.2, -0.15) is 5.10 Å². The molecule has 1 aromatic heterocycles. The Morgan fingerprint density at radius 1 is 1.48 bits per heavy atom. The van der Waals surface area contributed by atoms with E-state index in [-0.39, 0.29) is 18.3 Å². The fourth-order valence-corrected chi connectivity index (χ4v) is 2.97. The second kappa shape index (κ2) is 8.34. The summed E-state index contributed by atoms with van der Waals surface area (Å²) in [7, 11) is 0. The summed E-state index contributed by atoms with van der Waals surface area (Å²) in [6.07, 6.45) is 6.17. The van der Waals surface area contributed by atoms with Crippen LogP contribution in [0.2, 0.25) is 5.02 Å². The Labute approximate surface area is 146 Å². The minimum Gasteiger partial charge on any atom is -0.326 e. The molecule has 0 saturated carbocycles. The van der Waals surface area contributed by atoms with Gasteiger partial charge in [-0.05, 0) is 56.1 Å². The lowest BCUT2D eigenvalue weighted by Gasteiger charge is -2.10. The van der Waals surface area contributed by atoms with Gasteiger partial charge in [0.05, 0.1) is 10.7 Å². The van der Waals surface area contributed by atoms with E-state index in [1.165, 1.54) is 0 Å². The van der Waals surface area contributed by atoms with E-state index in [1.54, 1.807) is 16.9 Å². The smallest absolute Gasteiger partial charge is 0.224 e. The molecule has 3 rings (SSSR count). The molecule has 2 N–H and O–H groups in total. The van der Waals surface area contributed by atoms with Gasteiger partial charge in [0.25, 0.3) is 0 Å². The number of aromatic nitrogens is 2. The van der Waals surface area contributed by atoms with Crippen LogP contribution in [0.25, 0.3) is 5.69 Å². The second-order valence-electron chi connectivity index (χ2n) is 5.56. The first-order valence-electron chi connectivity index (χ1n) is 7.52. The van der Waals surface area contributed by atoms with Gasteiger partial charge in [0, 0.05) is 24.5 Å². The van der Waals surface area contributed by atoms with Crippen molar-refractivity contribution >= 4 is 35.6 Å². The van der Waals surface area contributed by atoms with Crippen molar-refractivity contribution in [3.63, 3.8) is 0 Å². The maximum Gasteiger partial charge on any atom is 0.224 e. The number of anilines is 1. The highest BCUT2D eigenvalue weighted by atomic mass is 35.5. The molecule has 124 valence electrons. The molecule has 5 nitrogen and oxygen atoms in total. The van der Waals surface area contributed by atoms with Crippen LogP contribution in [0.5, 0.6) is 0 Å².